The van der Waals surface area contributed by atoms with Gasteiger partial charge in [-0.1, -0.05) is 6.92 Å². The Kier molecular flexibility index (Phi) is 2.66. The number of rotatable bonds is 1. The van der Waals surface area contributed by atoms with Gasteiger partial charge in [0, 0.05) is 18.4 Å². The van der Waals surface area contributed by atoms with Crippen LogP contribution in [0.1, 0.15) is 38.6 Å². The monoisotopic (exact) mass is 192 g/mol. The molecule has 2 rings (SSSR count). The molecule has 14 heavy (non-hydrogen) atoms. The SMILES string of the molecule is CC1CCC(n2ccncc2=O)CC1. The molecule has 1 aromatic rings. The molecule has 3 heteroatoms. The molecule has 0 atom stereocenters. The van der Waals surface area contributed by atoms with E-state index in [0.29, 0.717) is 6.04 Å². The van der Waals surface area contributed by atoms with Gasteiger partial charge in [-0.2, -0.15) is 0 Å². The van der Waals surface area contributed by atoms with Gasteiger partial charge in [0.05, 0.1) is 6.20 Å². The Labute approximate surface area is 83.8 Å². The summed E-state index contributed by atoms with van der Waals surface area (Å²) >= 11 is 0. The van der Waals surface area contributed by atoms with Crippen LogP contribution in [0.2, 0.25) is 0 Å². The quantitative estimate of drug-likeness (QED) is 0.682. The van der Waals surface area contributed by atoms with Gasteiger partial charge in [0.15, 0.2) is 0 Å². The molecule has 1 heterocycles. The van der Waals surface area contributed by atoms with E-state index in [1.807, 2.05) is 10.8 Å². The Morgan fingerprint density at radius 1 is 1.36 bits per heavy atom. The summed E-state index contributed by atoms with van der Waals surface area (Å²) in [6.45, 7) is 2.28. The highest BCUT2D eigenvalue weighted by molar-refractivity contribution is 4.86. The molecule has 3 nitrogen and oxygen atoms in total. The van der Waals surface area contributed by atoms with E-state index in [1.165, 1.54) is 19.0 Å². The number of hydrogen-bond donors (Lipinski definition) is 0. The first-order valence-corrected chi connectivity index (χ1v) is 5.29. The highest BCUT2D eigenvalue weighted by atomic mass is 16.1. The van der Waals surface area contributed by atoms with E-state index >= 15 is 0 Å². The Morgan fingerprint density at radius 3 is 2.71 bits per heavy atom. The molecule has 0 saturated heterocycles. The van der Waals surface area contributed by atoms with E-state index < -0.39 is 0 Å². The van der Waals surface area contributed by atoms with E-state index in [2.05, 4.69) is 11.9 Å². The molecular formula is C11H16N2O. The van der Waals surface area contributed by atoms with E-state index in [4.69, 9.17) is 0 Å². The summed E-state index contributed by atoms with van der Waals surface area (Å²) in [5.41, 5.74) is 0.0343. The highest BCUT2D eigenvalue weighted by Crippen LogP contribution is 2.30. The van der Waals surface area contributed by atoms with Crippen LogP contribution in [0.15, 0.2) is 23.4 Å². The van der Waals surface area contributed by atoms with Crippen LogP contribution in [-0.2, 0) is 0 Å². The van der Waals surface area contributed by atoms with Crippen LogP contribution in [0.3, 0.4) is 0 Å². The lowest BCUT2D eigenvalue weighted by Gasteiger charge is -2.27. The molecule has 0 aromatic carbocycles. The maximum absolute atomic E-state index is 11.5. The third-order valence-electron chi connectivity index (χ3n) is 3.13. The van der Waals surface area contributed by atoms with Gasteiger partial charge in [0.2, 0.25) is 0 Å². The molecule has 76 valence electrons. The van der Waals surface area contributed by atoms with E-state index in [9.17, 15) is 4.79 Å². The Bertz CT molecular complexity index is 350. The topological polar surface area (TPSA) is 34.9 Å². The van der Waals surface area contributed by atoms with Crippen molar-refractivity contribution in [3.8, 4) is 0 Å². The molecule has 0 amide bonds. The molecule has 0 spiro atoms. The average Bonchev–Trinajstić information content (AvgIpc) is 2.20. The molecule has 1 aliphatic rings. The summed E-state index contributed by atoms with van der Waals surface area (Å²) in [4.78, 5) is 15.3. The minimum absolute atomic E-state index is 0.0343. The van der Waals surface area contributed by atoms with Gasteiger partial charge in [-0.25, -0.2) is 0 Å². The first-order valence-electron chi connectivity index (χ1n) is 5.29. The second-order valence-corrected chi connectivity index (χ2v) is 4.24. The van der Waals surface area contributed by atoms with Gasteiger partial charge in [-0.15, -0.1) is 0 Å². The summed E-state index contributed by atoms with van der Waals surface area (Å²) in [5.74, 6) is 0.823. The van der Waals surface area contributed by atoms with Crippen molar-refractivity contribution in [3.05, 3.63) is 28.9 Å². The van der Waals surface area contributed by atoms with Gasteiger partial charge >= 0.3 is 0 Å². The molecular weight excluding hydrogens is 176 g/mol. The molecule has 0 bridgehead atoms. The number of nitrogens with zero attached hydrogens (tertiary/aromatic N) is 2. The van der Waals surface area contributed by atoms with E-state index in [0.717, 1.165) is 18.8 Å². The largest absolute Gasteiger partial charge is 0.310 e. The molecule has 0 aliphatic heterocycles. The predicted molar refractivity (Wildman–Crippen MR) is 55.2 cm³/mol. The lowest BCUT2D eigenvalue weighted by Crippen LogP contribution is -2.26. The summed E-state index contributed by atoms with van der Waals surface area (Å²) in [6.07, 6.45) is 9.63. The summed E-state index contributed by atoms with van der Waals surface area (Å²) in [6, 6.07) is 0.404. The van der Waals surface area contributed by atoms with Crippen molar-refractivity contribution < 1.29 is 0 Å². The Balaban J connectivity index is 2.16. The predicted octanol–water partition coefficient (Wildman–Crippen LogP) is 1.99. The molecule has 1 fully saturated rings. The molecule has 0 radical (unpaired) electrons. The van der Waals surface area contributed by atoms with Gasteiger partial charge in [-0.3, -0.25) is 9.78 Å². The first-order chi connectivity index (χ1) is 6.77. The normalized spacial score (nSPS) is 27.5. The van der Waals surface area contributed by atoms with Crippen LogP contribution < -0.4 is 5.56 Å². The fourth-order valence-electron chi connectivity index (χ4n) is 2.18. The third kappa shape index (κ3) is 1.86. The van der Waals surface area contributed by atoms with Crippen molar-refractivity contribution in [3.63, 3.8) is 0 Å². The zero-order chi connectivity index (χ0) is 9.97. The smallest absolute Gasteiger partial charge is 0.269 e. The second kappa shape index (κ2) is 3.95. The molecule has 1 aliphatic carbocycles. The van der Waals surface area contributed by atoms with Gasteiger partial charge in [-0.05, 0) is 31.6 Å². The zero-order valence-corrected chi connectivity index (χ0v) is 8.52. The van der Waals surface area contributed by atoms with Crippen LogP contribution >= 0.6 is 0 Å². The molecule has 1 saturated carbocycles. The maximum Gasteiger partial charge on any atom is 0.269 e. The Hall–Kier alpha value is -1.12. The minimum atomic E-state index is 0.0343. The third-order valence-corrected chi connectivity index (χ3v) is 3.13. The zero-order valence-electron chi connectivity index (χ0n) is 8.52. The van der Waals surface area contributed by atoms with Crippen molar-refractivity contribution in [2.75, 3.05) is 0 Å². The fraction of sp³-hybridized carbons (Fsp3) is 0.636. The van der Waals surface area contributed by atoms with Crippen molar-refractivity contribution in [1.82, 2.24) is 9.55 Å². The second-order valence-electron chi connectivity index (χ2n) is 4.24. The van der Waals surface area contributed by atoms with E-state index in [1.54, 1.807) is 6.20 Å². The molecule has 0 N–H and O–H groups in total. The molecule has 1 aromatic heterocycles. The summed E-state index contributed by atoms with van der Waals surface area (Å²) in [7, 11) is 0. The van der Waals surface area contributed by atoms with E-state index in [-0.39, 0.29) is 5.56 Å². The number of aromatic nitrogens is 2. The highest BCUT2D eigenvalue weighted by Gasteiger charge is 2.19. The standard InChI is InChI=1S/C11H16N2O/c1-9-2-4-10(5-3-9)13-7-6-12-8-11(13)14/h6-10H,2-5H2,1H3. The lowest BCUT2D eigenvalue weighted by molar-refractivity contribution is 0.284. The van der Waals surface area contributed by atoms with Crippen molar-refractivity contribution in [1.29, 1.82) is 0 Å². The lowest BCUT2D eigenvalue weighted by atomic mass is 9.87. The van der Waals surface area contributed by atoms with Gasteiger partial charge in [0.1, 0.15) is 0 Å². The van der Waals surface area contributed by atoms with Gasteiger partial charge < -0.3 is 4.57 Å². The minimum Gasteiger partial charge on any atom is -0.310 e. The van der Waals surface area contributed by atoms with Crippen LogP contribution in [0.5, 0.6) is 0 Å². The summed E-state index contributed by atoms with van der Waals surface area (Å²) < 4.78 is 1.83. The van der Waals surface area contributed by atoms with Crippen LogP contribution in [0.4, 0.5) is 0 Å². The molecule has 0 unspecified atom stereocenters. The van der Waals surface area contributed by atoms with Crippen molar-refractivity contribution >= 4 is 0 Å². The van der Waals surface area contributed by atoms with Crippen LogP contribution in [-0.4, -0.2) is 9.55 Å². The first kappa shape index (κ1) is 9.44. The van der Waals surface area contributed by atoms with Gasteiger partial charge in [0.25, 0.3) is 5.56 Å². The Morgan fingerprint density at radius 2 is 2.07 bits per heavy atom. The maximum atomic E-state index is 11.5. The fourth-order valence-corrected chi connectivity index (χ4v) is 2.18. The summed E-state index contributed by atoms with van der Waals surface area (Å²) in [5, 5.41) is 0. The van der Waals surface area contributed by atoms with Crippen molar-refractivity contribution in [2.45, 2.75) is 38.6 Å². The number of hydrogen-bond acceptors (Lipinski definition) is 2. The van der Waals surface area contributed by atoms with Crippen LogP contribution in [0.25, 0.3) is 0 Å². The van der Waals surface area contributed by atoms with Crippen molar-refractivity contribution in [2.24, 2.45) is 5.92 Å². The van der Waals surface area contributed by atoms with Crippen LogP contribution in [0, 0.1) is 5.92 Å². The average molecular weight is 192 g/mol.